The average molecular weight is 270 g/mol. The Bertz CT molecular complexity index is 537. The van der Waals surface area contributed by atoms with E-state index in [2.05, 4.69) is 48.4 Å². The van der Waals surface area contributed by atoms with Gasteiger partial charge in [0.2, 0.25) is 5.88 Å². The van der Waals surface area contributed by atoms with Crippen molar-refractivity contribution >= 4 is 0 Å². The molecule has 0 fully saturated rings. The Labute approximate surface area is 121 Å². The second-order valence-electron chi connectivity index (χ2n) is 4.90. The number of pyridine rings is 1. The number of nitrogens with one attached hydrogen (secondary N) is 1. The zero-order valence-corrected chi connectivity index (χ0v) is 12.4. The van der Waals surface area contributed by atoms with Crippen LogP contribution >= 0.6 is 0 Å². The third-order valence-electron chi connectivity index (χ3n) is 3.51. The number of methoxy groups -OCH3 is 1. The number of hydrogen-bond donors (Lipinski definition) is 1. The first kappa shape index (κ1) is 14.5. The van der Waals surface area contributed by atoms with Crippen molar-refractivity contribution in [2.45, 2.75) is 32.9 Å². The van der Waals surface area contributed by atoms with E-state index in [1.54, 1.807) is 13.3 Å². The van der Waals surface area contributed by atoms with E-state index in [1.807, 2.05) is 12.1 Å². The molecule has 1 aromatic heterocycles. The maximum atomic E-state index is 5.13. The van der Waals surface area contributed by atoms with Crippen molar-refractivity contribution in [3.63, 3.8) is 0 Å². The summed E-state index contributed by atoms with van der Waals surface area (Å²) in [6.07, 6.45) is 2.86. The van der Waals surface area contributed by atoms with Gasteiger partial charge in [0.05, 0.1) is 7.11 Å². The highest BCUT2D eigenvalue weighted by molar-refractivity contribution is 5.25. The number of nitrogens with zero attached hydrogens (tertiary/aromatic N) is 1. The van der Waals surface area contributed by atoms with Crippen molar-refractivity contribution in [2.75, 3.05) is 7.11 Å². The fraction of sp³-hybridized carbons (Fsp3) is 0.353. The van der Waals surface area contributed by atoms with Crippen LogP contribution in [0, 0.1) is 0 Å². The molecule has 106 valence electrons. The van der Waals surface area contributed by atoms with E-state index in [9.17, 15) is 0 Å². The van der Waals surface area contributed by atoms with Gasteiger partial charge in [0, 0.05) is 24.8 Å². The van der Waals surface area contributed by atoms with Gasteiger partial charge in [-0.25, -0.2) is 4.98 Å². The van der Waals surface area contributed by atoms with Crippen LogP contribution in [-0.4, -0.2) is 12.1 Å². The molecule has 1 atom stereocenters. The van der Waals surface area contributed by atoms with Gasteiger partial charge in [0.1, 0.15) is 0 Å². The molecular formula is C17H22N2O. The minimum Gasteiger partial charge on any atom is -0.481 e. The summed E-state index contributed by atoms with van der Waals surface area (Å²) >= 11 is 0. The molecule has 2 aromatic rings. The van der Waals surface area contributed by atoms with Gasteiger partial charge in [0.15, 0.2) is 0 Å². The largest absolute Gasteiger partial charge is 0.481 e. The molecule has 0 radical (unpaired) electrons. The Morgan fingerprint density at radius 2 is 1.90 bits per heavy atom. The van der Waals surface area contributed by atoms with Crippen molar-refractivity contribution in [1.29, 1.82) is 0 Å². The van der Waals surface area contributed by atoms with Crippen molar-refractivity contribution in [1.82, 2.24) is 10.3 Å². The number of benzene rings is 1. The fourth-order valence-corrected chi connectivity index (χ4v) is 2.10. The molecule has 1 N–H and O–H groups in total. The Hall–Kier alpha value is -1.87. The van der Waals surface area contributed by atoms with E-state index in [4.69, 9.17) is 4.74 Å². The molecule has 3 heteroatoms. The highest BCUT2D eigenvalue weighted by atomic mass is 16.5. The molecule has 3 nitrogen and oxygen atoms in total. The van der Waals surface area contributed by atoms with Crippen LogP contribution in [0.25, 0.3) is 0 Å². The first-order valence-corrected chi connectivity index (χ1v) is 7.04. The van der Waals surface area contributed by atoms with Crippen LogP contribution in [0.2, 0.25) is 0 Å². The predicted molar refractivity (Wildman–Crippen MR) is 81.9 cm³/mol. The lowest BCUT2D eigenvalue weighted by Crippen LogP contribution is -2.18. The maximum absolute atomic E-state index is 5.13. The van der Waals surface area contributed by atoms with Gasteiger partial charge in [-0.15, -0.1) is 0 Å². The van der Waals surface area contributed by atoms with E-state index < -0.39 is 0 Å². The lowest BCUT2D eigenvalue weighted by Gasteiger charge is -2.15. The molecule has 1 unspecified atom stereocenters. The average Bonchev–Trinajstić information content (AvgIpc) is 2.53. The Balaban J connectivity index is 1.95. The molecule has 2 rings (SSSR count). The molecule has 0 bridgehead atoms. The van der Waals surface area contributed by atoms with Gasteiger partial charge in [0.25, 0.3) is 0 Å². The lowest BCUT2D eigenvalue weighted by molar-refractivity contribution is 0.397. The van der Waals surface area contributed by atoms with Gasteiger partial charge >= 0.3 is 0 Å². The molecule has 0 aliphatic carbocycles. The van der Waals surface area contributed by atoms with Crippen LogP contribution in [0.1, 0.15) is 36.6 Å². The van der Waals surface area contributed by atoms with Crippen LogP contribution in [0.5, 0.6) is 5.88 Å². The third kappa shape index (κ3) is 3.81. The van der Waals surface area contributed by atoms with E-state index in [-0.39, 0.29) is 0 Å². The van der Waals surface area contributed by atoms with Crippen LogP contribution in [0.3, 0.4) is 0 Å². The summed E-state index contributed by atoms with van der Waals surface area (Å²) in [6, 6.07) is 13.1. The standard InChI is InChI=1S/C17H22N2O/c1-4-14-5-7-16(8-6-14)13(2)19-12-15-9-10-18-17(11-15)20-3/h5-11,13,19H,4,12H2,1-3H3. The molecule has 0 spiro atoms. The number of hydrogen-bond acceptors (Lipinski definition) is 3. The Morgan fingerprint density at radius 3 is 2.55 bits per heavy atom. The number of ether oxygens (including phenoxy) is 1. The van der Waals surface area contributed by atoms with E-state index in [0.717, 1.165) is 13.0 Å². The SMILES string of the molecule is CCc1ccc(C(C)NCc2ccnc(OC)c2)cc1. The molecule has 0 aliphatic rings. The quantitative estimate of drug-likeness (QED) is 0.872. The van der Waals surface area contributed by atoms with Gasteiger partial charge in [-0.1, -0.05) is 31.2 Å². The number of aromatic nitrogens is 1. The van der Waals surface area contributed by atoms with Gasteiger partial charge in [-0.3, -0.25) is 0 Å². The highest BCUT2D eigenvalue weighted by Gasteiger charge is 2.05. The lowest BCUT2D eigenvalue weighted by atomic mass is 10.0. The smallest absolute Gasteiger partial charge is 0.213 e. The minimum absolute atomic E-state index is 0.320. The number of rotatable bonds is 6. The molecular weight excluding hydrogens is 248 g/mol. The summed E-state index contributed by atoms with van der Waals surface area (Å²) in [5.74, 6) is 0.657. The molecule has 0 saturated heterocycles. The monoisotopic (exact) mass is 270 g/mol. The molecule has 1 heterocycles. The van der Waals surface area contributed by atoms with Crippen molar-refractivity contribution < 1.29 is 4.74 Å². The van der Waals surface area contributed by atoms with Crippen molar-refractivity contribution in [2.24, 2.45) is 0 Å². The van der Waals surface area contributed by atoms with Crippen molar-refractivity contribution in [3.8, 4) is 5.88 Å². The van der Waals surface area contributed by atoms with Crippen molar-refractivity contribution in [3.05, 3.63) is 59.3 Å². The molecule has 0 aliphatic heterocycles. The summed E-state index contributed by atoms with van der Waals surface area (Å²) in [7, 11) is 1.64. The van der Waals surface area contributed by atoms with E-state index >= 15 is 0 Å². The normalized spacial score (nSPS) is 12.2. The van der Waals surface area contributed by atoms with E-state index in [0.29, 0.717) is 11.9 Å². The summed E-state index contributed by atoms with van der Waals surface area (Å²) < 4.78 is 5.13. The van der Waals surface area contributed by atoms with Crippen LogP contribution in [-0.2, 0) is 13.0 Å². The second-order valence-corrected chi connectivity index (χ2v) is 4.90. The zero-order valence-electron chi connectivity index (χ0n) is 12.4. The Kier molecular flexibility index (Phi) is 5.13. The first-order chi connectivity index (χ1) is 9.72. The van der Waals surface area contributed by atoms with Gasteiger partial charge in [-0.05, 0) is 36.1 Å². The predicted octanol–water partition coefficient (Wildman–Crippen LogP) is 3.50. The second kappa shape index (κ2) is 7.06. The summed E-state index contributed by atoms with van der Waals surface area (Å²) in [5.41, 5.74) is 3.86. The van der Waals surface area contributed by atoms with E-state index in [1.165, 1.54) is 16.7 Å². The van der Waals surface area contributed by atoms with Crippen LogP contribution in [0.15, 0.2) is 42.6 Å². The summed E-state index contributed by atoms with van der Waals surface area (Å²) in [5, 5.41) is 3.52. The molecule has 0 amide bonds. The zero-order chi connectivity index (χ0) is 14.4. The third-order valence-corrected chi connectivity index (χ3v) is 3.51. The minimum atomic E-state index is 0.320. The molecule has 20 heavy (non-hydrogen) atoms. The molecule has 1 aromatic carbocycles. The topological polar surface area (TPSA) is 34.2 Å². The van der Waals surface area contributed by atoms with Crippen LogP contribution < -0.4 is 10.1 Å². The van der Waals surface area contributed by atoms with Crippen LogP contribution in [0.4, 0.5) is 0 Å². The fourth-order valence-electron chi connectivity index (χ4n) is 2.10. The number of aryl methyl sites for hydroxylation is 1. The van der Waals surface area contributed by atoms with Gasteiger partial charge < -0.3 is 10.1 Å². The highest BCUT2D eigenvalue weighted by Crippen LogP contribution is 2.15. The summed E-state index contributed by atoms with van der Waals surface area (Å²) in [6.45, 7) is 5.16. The Morgan fingerprint density at radius 1 is 1.15 bits per heavy atom. The van der Waals surface area contributed by atoms with Gasteiger partial charge in [-0.2, -0.15) is 0 Å². The maximum Gasteiger partial charge on any atom is 0.213 e. The summed E-state index contributed by atoms with van der Waals surface area (Å²) in [4.78, 5) is 4.11. The first-order valence-electron chi connectivity index (χ1n) is 7.04. The molecule has 0 saturated carbocycles.